The Bertz CT molecular complexity index is 779. The molecular formula is C23H30N2O4. The molecule has 0 aliphatic carbocycles. The maximum absolute atomic E-state index is 12.7. The lowest BCUT2D eigenvalue weighted by atomic mass is 10.1. The van der Waals surface area contributed by atoms with Crippen molar-refractivity contribution in [3.63, 3.8) is 0 Å². The smallest absolute Gasteiger partial charge is 0.263 e. The number of aliphatic hydroxyl groups excluding tert-OH is 1. The maximum atomic E-state index is 12.7. The Hall–Kier alpha value is -2.73. The van der Waals surface area contributed by atoms with E-state index in [1.165, 1.54) is 0 Å². The average molecular weight is 399 g/mol. The van der Waals surface area contributed by atoms with Gasteiger partial charge in [-0.15, -0.1) is 0 Å². The molecule has 0 saturated carbocycles. The molecule has 2 unspecified atom stereocenters. The molecule has 6 nitrogen and oxygen atoms in total. The molecule has 0 spiro atoms. The lowest BCUT2D eigenvalue weighted by Crippen LogP contribution is -2.52. The van der Waals surface area contributed by atoms with E-state index in [9.17, 15) is 9.90 Å². The number of para-hydroxylation sites is 3. The van der Waals surface area contributed by atoms with Gasteiger partial charge in [0, 0.05) is 12.6 Å². The number of β-amino-alcohol motifs (C(OH)–C–C–N with tert-alkyl or cyclic N) is 1. The molecule has 2 aromatic rings. The van der Waals surface area contributed by atoms with E-state index < -0.39 is 12.2 Å². The normalized spacial score (nSPS) is 16.7. The highest BCUT2D eigenvalue weighted by Gasteiger charge is 2.32. The Morgan fingerprint density at radius 1 is 1.17 bits per heavy atom. The van der Waals surface area contributed by atoms with E-state index in [0.29, 0.717) is 18.8 Å². The minimum Gasteiger partial charge on any atom is -0.491 e. The van der Waals surface area contributed by atoms with Gasteiger partial charge >= 0.3 is 0 Å². The number of benzene rings is 2. The highest BCUT2D eigenvalue weighted by molar-refractivity contribution is 5.83. The van der Waals surface area contributed by atoms with E-state index >= 15 is 0 Å². The van der Waals surface area contributed by atoms with Gasteiger partial charge in [-0.25, -0.2) is 0 Å². The van der Waals surface area contributed by atoms with Crippen LogP contribution in [0.15, 0.2) is 54.6 Å². The lowest BCUT2D eigenvalue weighted by molar-refractivity contribution is -0.128. The second-order valence-corrected chi connectivity index (χ2v) is 7.28. The van der Waals surface area contributed by atoms with Crippen molar-refractivity contribution < 1.29 is 19.4 Å². The molecule has 2 atom stereocenters. The van der Waals surface area contributed by atoms with E-state index in [0.717, 1.165) is 24.3 Å². The molecule has 1 aliphatic heterocycles. The summed E-state index contributed by atoms with van der Waals surface area (Å²) in [6.45, 7) is 5.02. The number of amides is 1. The van der Waals surface area contributed by atoms with Crippen molar-refractivity contribution in [2.24, 2.45) is 0 Å². The van der Waals surface area contributed by atoms with Crippen molar-refractivity contribution in [3.05, 3.63) is 54.6 Å². The van der Waals surface area contributed by atoms with E-state index in [4.69, 9.17) is 9.47 Å². The summed E-state index contributed by atoms with van der Waals surface area (Å²) in [5.41, 5.74) is 0.873. The van der Waals surface area contributed by atoms with Crippen molar-refractivity contribution in [2.45, 2.75) is 44.9 Å². The first-order valence-electron chi connectivity index (χ1n) is 10.3. The molecular weight excluding hydrogens is 368 g/mol. The summed E-state index contributed by atoms with van der Waals surface area (Å²) in [7, 11) is 0. The predicted molar refractivity (Wildman–Crippen MR) is 114 cm³/mol. The first kappa shape index (κ1) is 21.0. The number of rotatable bonds is 9. The molecule has 1 amide bonds. The second kappa shape index (κ2) is 10.2. The van der Waals surface area contributed by atoms with Gasteiger partial charge in [-0.3, -0.25) is 4.79 Å². The van der Waals surface area contributed by atoms with Gasteiger partial charge in [0.1, 0.15) is 24.2 Å². The summed E-state index contributed by atoms with van der Waals surface area (Å²) in [5, 5.41) is 13.6. The van der Waals surface area contributed by atoms with E-state index in [2.05, 4.69) is 19.2 Å². The Labute approximate surface area is 172 Å². The van der Waals surface area contributed by atoms with Gasteiger partial charge < -0.3 is 24.8 Å². The molecule has 0 fully saturated rings. The quantitative estimate of drug-likeness (QED) is 0.680. The Morgan fingerprint density at radius 3 is 2.59 bits per heavy atom. The Balaban J connectivity index is 1.65. The SMILES string of the molecule is CCC(CC)NC(=O)C1CN(CC(O)COc2ccccc2)c2ccccc2O1. The molecule has 2 N–H and O–H groups in total. The van der Waals surface area contributed by atoms with Crippen molar-refractivity contribution in [1.29, 1.82) is 0 Å². The molecule has 0 radical (unpaired) electrons. The molecule has 0 bridgehead atoms. The zero-order valence-electron chi connectivity index (χ0n) is 17.1. The number of aliphatic hydroxyl groups is 1. The standard InChI is InChI=1S/C23H30N2O4/c1-3-17(4-2)24-23(27)22-15-25(20-12-8-9-13-21(20)29-22)14-18(26)16-28-19-10-6-5-7-11-19/h5-13,17-18,22,26H,3-4,14-16H2,1-2H3,(H,24,27). The number of hydrogen-bond donors (Lipinski definition) is 2. The van der Waals surface area contributed by atoms with Gasteiger partial charge in [-0.05, 0) is 37.1 Å². The van der Waals surface area contributed by atoms with Gasteiger partial charge in [0.05, 0.1) is 12.2 Å². The van der Waals surface area contributed by atoms with E-state index in [1.807, 2.05) is 59.5 Å². The van der Waals surface area contributed by atoms with Gasteiger partial charge in [0.2, 0.25) is 0 Å². The zero-order chi connectivity index (χ0) is 20.6. The third-order valence-electron chi connectivity index (χ3n) is 5.10. The minimum absolute atomic E-state index is 0.117. The van der Waals surface area contributed by atoms with Crippen LogP contribution in [-0.2, 0) is 4.79 Å². The molecule has 3 rings (SSSR count). The summed E-state index contributed by atoms with van der Waals surface area (Å²) in [5.74, 6) is 1.25. The second-order valence-electron chi connectivity index (χ2n) is 7.28. The number of carbonyl (C=O) groups is 1. The molecule has 29 heavy (non-hydrogen) atoms. The zero-order valence-corrected chi connectivity index (χ0v) is 17.1. The summed E-state index contributed by atoms with van der Waals surface area (Å²) in [6.07, 6.45) is 0.437. The lowest BCUT2D eigenvalue weighted by Gasteiger charge is -2.37. The van der Waals surface area contributed by atoms with Crippen molar-refractivity contribution in [1.82, 2.24) is 5.32 Å². The molecule has 2 aromatic carbocycles. The fourth-order valence-electron chi connectivity index (χ4n) is 3.42. The van der Waals surface area contributed by atoms with Crippen LogP contribution in [0.5, 0.6) is 11.5 Å². The number of nitrogens with zero attached hydrogens (tertiary/aromatic N) is 1. The predicted octanol–water partition coefficient (Wildman–Crippen LogP) is 3.00. The van der Waals surface area contributed by atoms with E-state index in [1.54, 1.807) is 0 Å². The van der Waals surface area contributed by atoms with Crippen LogP contribution in [0.2, 0.25) is 0 Å². The number of anilines is 1. The van der Waals surface area contributed by atoms with Crippen molar-refractivity contribution in [3.8, 4) is 11.5 Å². The van der Waals surface area contributed by atoms with Crippen molar-refractivity contribution >= 4 is 11.6 Å². The molecule has 6 heteroatoms. The van der Waals surface area contributed by atoms with Crippen LogP contribution in [0.3, 0.4) is 0 Å². The van der Waals surface area contributed by atoms with Gasteiger partial charge in [-0.2, -0.15) is 0 Å². The monoisotopic (exact) mass is 398 g/mol. The number of ether oxygens (including phenoxy) is 2. The summed E-state index contributed by atoms with van der Waals surface area (Å²) >= 11 is 0. The van der Waals surface area contributed by atoms with Crippen LogP contribution >= 0.6 is 0 Å². The summed E-state index contributed by atoms with van der Waals surface area (Å²) < 4.78 is 11.6. The van der Waals surface area contributed by atoms with Gasteiger partial charge in [-0.1, -0.05) is 44.2 Å². The average Bonchev–Trinajstić information content (AvgIpc) is 2.76. The van der Waals surface area contributed by atoms with Crippen LogP contribution in [0, 0.1) is 0 Å². The summed E-state index contributed by atoms with van der Waals surface area (Å²) in [4.78, 5) is 14.7. The minimum atomic E-state index is -0.705. The topological polar surface area (TPSA) is 71.0 Å². The van der Waals surface area contributed by atoms with Crippen LogP contribution in [-0.4, -0.2) is 49.0 Å². The molecule has 156 valence electrons. The largest absolute Gasteiger partial charge is 0.491 e. The number of fused-ring (bicyclic) bond motifs is 1. The highest BCUT2D eigenvalue weighted by atomic mass is 16.5. The first-order valence-corrected chi connectivity index (χ1v) is 10.3. The van der Waals surface area contributed by atoms with Crippen LogP contribution in [0.4, 0.5) is 5.69 Å². The first-order chi connectivity index (χ1) is 14.1. The van der Waals surface area contributed by atoms with E-state index in [-0.39, 0.29) is 18.6 Å². The third-order valence-corrected chi connectivity index (χ3v) is 5.10. The molecule has 0 saturated heterocycles. The maximum Gasteiger partial charge on any atom is 0.263 e. The van der Waals surface area contributed by atoms with Crippen molar-refractivity contribution in [2.75, 3.05) is 24.6 Å². The Morgan fingerprint density at radius 2 is 1.86 bits per heavy atom. The fraction of sp³-hybridized carbons (Fsp3) is 0.435. The number of hydrogen-bond acceptors (Lipinski definition) is 5. The molecule has 0 aromatic heterocycles. The molecule has 1 aliphatic rings. The van der Waals surface area contributed by atoms with Crippen LogP contribution in [0.1, 0.15) is 26.7 Å². The van der Waals surface area contributed by atoms with Crippen LogP contribution < -0.4 is 19.7 Å². The number of nitrogens with one attached hydrogen (secondary N) is 1. The summed E-state index contributed by atoms with van der Waals surface area (Å²) in [6, 6.07) is 17.2. The Kier molecular flexibility index (Phi) is 7.36. The van der Waals surface area contributed by atoms with Crippen LogP contribution in [0.25, 0.3) is 0 Å². The van der Waals surface area contributed by atoms with Gasteiger partial charge in [0.25, 0.3) is 5.91 Å². The molecule has 1 heterocycles. The van der Waals surface area contributed by atoms with Gasteiger partial charge in [0.15, 0.2) is 6.10 Å². The highest BCUT2D eigenvalue weighted by Crippen LogP contribution is 2.33. The fourth-order valence-corrected chi connectivity index (χ4v) is 3.42. The number of carbonyl (C=O) groups excluding carboxylic acids is 1. The third kappa shape index (κ3) is 5.64.